The summed E-state index contributed by atoms with van der Waals surface area (Å²) in [6.45, 7) is 5.87. The average Bonchev–Trinajstić information content (AvgIpc) is 2.37. The summed E-state index contributed by atoms with van der Waals surface area (Å²) in [6.07, 6.45) is 0. The van der Waals surface area contributed by atoms with Crippen LogP contribution in [0.3, 0.4) is 0 Å². The van der Waals surface area contributed by atoms with Crippen molar-refractivity contribution in [1.29, 1.82) is 5.26 Å². The maximum Gasteiger partial charge on any atom is 0.335 e. The van der Waals surface area contributed by atoms with Gasteiger partial charge in [0, 0.05) is 12.1 Å². The summed E-state index contributed by atoms with van der Waals surface area (Å²) in [7, 11) is 0. The summed E-state index contributed by atoms with van der Waals surface area (Å²) >= 11 is 5.96. The minimum Gasteiger partial charge on any atom is -0.463 e. The van der Waals surface area contributed by atoms with E-state index < -0.39 is 5.97 Å². The third-order valence-electron chi connectivity index (χ3n) is 2.15. The predicted octanol–water partition coefficient (Wildman–Crippen LogP) is 2.74. The standard InChI is InChI=1S/C13H13ClN2O2/c1-3-18-13(17)9(2)8-16-12-6-10(7-15)4-5-11(12)14/h4-6,16H,2-3,8H2,1H3. The van der Waals surface area contributed by atoms with Gasteiger partial charge in [-0.3, -0.25) is 0 Å². The van der Waals surface area contributed by atoms with Gasteiger partial charge in [0.2, 0.25) is 0 Å². The van der Waals surface area contributed by atoms with Crippen molar-refractivity contribution < 1.29 is 9.53 Å². The first-order chi connectivity index (χ1) is 8.58. The maximum absolute atomic E-state index is 11.3. The van der Waals surface area contributed by atoms with Crippen molar-refractivity contribution in [3.8, 4) is 6.07 Å². The van der Waals surface area contributed by atoms with Crippen molar-refractivity contribution in [2.24, 2.45) is 0 Å². The quantitative estimate of drug-likeness (QED) is 0.656. The van der Waals surface area contributed by atoms with Crippen LogP contribution in [0.2, 0.25) is 5.02 Å². The van der Waals surface area contributed by atoms with E-state index in [1.807, 2.05) is 6.07 Å². The van der Waals surface area contributed by atoms with Gasteiger partial charge in [-0.15, -0.1) is 0 Å². The molecule has 0 radical (unpaired) electrons. The number of rotatable bonds is 5. The van der Waals surface area contributed by atoms with E-state index in [4.69, 9.17) is 21.6 Å². The molecule has 0 bridgehead atoms. The van der Waals surface area contributed by atoms with Crippen LogP contribution in [0.15, 0.2) is 30.4 Å². The number of carbonyl (C=O) groups is 1. The maximum atomic E-state index is 11.3. The van der Waals surface area contributed by atoms with Crippen molar-refractivity contribution in [2.75, 3.05) is 18.5 Å². The van der Waals surface area contributed by atoms with Gasteiger partial charge in [-0.25, -0.2) is 4.79 Å². The SMILES string of the molecule is C=C(CNc1cc(C#N)ccc1Cl)C(=O)OCC. The fourth-order valence-electron chi connectivity index (χ4n) is 1.24. The van der Waals surface area contributed by atoms with Crippen molar-refractivity contribution in [3.63, 3.8) is 0 Å². The Labute approximate surface area is 111 Å². The number of nitrogens with zero attached hydrogens (tertiary/aromatic N) is 1. The van der Waals surface area contributed by atoms with E-state index in [0.717, 1.165) is 0 Å². The van der Waals surface area contributed by atoms with Crippen molar-refractivity contribution in [1.82, 2.24) is 0 Å². The molecular weight excluding hydrogens is 252 g/mol. The molecule has 0 aliphatic heterocycles. The molecule has 0 heterocycles. The number of nitriles is 1. The Balaban J connectivity index is 2.66. The molecule has 94 valence electrons. The highest BCUT2D eigenvalue weighted by Crippen LogP contribution is 2.22. The highest BCUT2D eigenvalue weighted by molar-refractivity contribution is 6.33. The van der Waals surface area contributed by atoms with E-state index in [1.54, 1.807) is 25.1 Å². The first-order valence-corrected chi connectivity index (χ1v) is 5.74. The Morgan fingerprint density at radius 3 is 2.94 bits per heavy atom. The largest absolute Gasteiger partial charge is 0.463 e. The lowest BCUT2D eigenvalue weighted by atomic mass is 10.2. The normalized spacial score (nSPS) is 9.39. The minimum absolute atomic E-state index is 0.216. The number of carbonyl (C=O) groups excluding carboxylic acids is 1. The number of ether oxygens (including phenoxy) is 1. The van der Waals surface area contributed by atoms with Crippen LogP contribution in [0.25, 0.3) is 0 Å². The average molecular weight is 265 g/mol. The fourth-order valence-corrected chi connectivity index (χ4v) is 1.42. The second kappa shape index (κ2) is 6.67. The second-order valence-corrected chi connectivity index (χ2v) is 3.89. The Morgan fingerprint density at radius 1 is 1.61 bits per heavy atom. The Morgan fingerprint density at radius 2 is 2.33 bits per heavy atom. The first kappa shape index (κ1) is 14.1. The number of anilines is 1. The molecular formula is C13H13ClN2O2. The van der Waals surface area contributed by atoms with Gasteiger partial charge < -0.3 is 10.1 Å². The molecule has 1 N–H and O–H groups in total. The lowest BCUT2D eigenvalue weighted by Crippen LogP contribution is -2.14. The number of halogens is 1. The molecule has 0 fully saturated rings. The molecule has 1 aromatic carbocycles. The molecule has 0 saturated carbocycles. The number of hydrogen-bond acceptors (Lipinski definition) is 4. The van der Waals surface area contributed by atoms with Crippen LogP contribution in [-0.2, 0) is 9.53 Å². The summed E-state index contributed by atoms with van der Waals surface area (Å²) in [5.41, 5.74) is 1.38. The Kier molecular flexibility index (Phi) is 5.22. The highest BCUT2D eigenvalue weighted by Gasteiger charge is 2.08. The predicted molar refractivity (Wildman–Crippen MR) is 70.4 cm³/mol. The summed E-state index contributed by atoms with van der Waals surface area (Å²) in [6, 6.07) is 6.86. The van der Waals surface area contributed by atoms with Gasteiger partial charge in [0.1, 0.15) is 0 Å². The minimum atomic E-state index is -0.447. The van der Waals surface area contributed by atoms with Crippen molar-refractivity contribution in [3.05, 3.63) is 40.9 Å². The van der Waals surface area contributed by atoms with Gasteiger partial charge in [0.05, 0.1) is 28.9 Å². The van der Waals surface area contributed by atoms with Gasteiger partial charge in [-0.2, -0.15) is 5.26 Å². The second-order valence-electron chi connectivity index (χ2n) is 3.48. The molecule has 0 atom stereocenters. The smallest absolute Gasteiger partial charge is 0.335 e. The van der Waals surface area contributed by atoms with Gasteiger partial charge >= 0.3 is 5.97 Å². The number of hydrogen-bond donors (Lipinski definition) is 1. The van der Waals surface area contributed by atoms with E-state index in [-0.39, 0.29) is 6.54 Å². The number of benzene rings is 1. The molecule has 0 unspecified atom stereocenters. The fraction of sp³-hybridized carbons (Fsp3) is 0.231. The summed E-state index contributed by atoms with van der Waals surface area (Å²) < 4.78 is 4.80. The molecule has 4 nitrogen and oxygen atoms in total. The molecule has 0 aromatic heterocycles. The zero-order valence-corrected chi connectivity index (χ0v) is 10.8. The Hall–Kier alpha value is -1.99. The molecule has 0 aliphatic rings. The van der Waals surface area contributed by atoms with Crippen LogP contribution in [0.1, 0.15) is 12.5 Å². The zero-order valence-electron chi connectivity index (χ0n) is 10.00. The molecule has 0 spiro atoms. The van der Waals surface area contributed by atoms with Gasteiger partial charge in [-0.05, 0) is 25.1 Å². The Bertz CT molecular complexity index is 506. The molecule has 1 aromatic rings. The van der Waals surface area contributed by atoms with Crippen LogP contribution in [0.4, 0.5) is 5.69 Å². The topological polar surface area (TPSA) is 62.1 Å². The van der Waals surface area contributed by atoms with Gasteiger partial charge in [0.25, 0.3) is 0 Å². The number of esters is 1. The number of nitrogens with one attached hydrogen (secondary N) is 1. The van der Waals surface area contributed by atoms with Gasteiger partial charge in [0.15, 0.2) is 0 Å². The zero-order chi connectivity index (χ0) is 13.5. The van der Waals surface area contributed by atoms with E-state index in [2.05, 4.69) is 11.9 Å². The molecule has 5 heteroatoms. The molecule has 1 rings (SSSR count). The van der Waals surface area contributed by atoms with Crippen LogP contribution >= 0.6 is 11.6 Å². The summed E-state index contributed by atoms with van der Waals surface area (Å²) in [4.78, 5) is 11.3. The molecule has 0 aliphatic carbocycles. The van der Waals surface area contributed by atoms with Crippen LogP contribution in [-0.4, -0.2) is 19.1 Å². The van der Waals surface area contributed by atoms with E-state index in [0.29, 0.717) is 28.5 Å². The van der Waals surface area contributed by atoms with E-state index in [9.17, 15) is 4.79 Å². The highest BCUT2D eigenvalue weighted by atomic mass is 35.5. The molecule has 0 saturated heterocycles. The molecule has 18 heavy (non-hydrogen) atoms. The first-order valence-electron chi connectivity index (χ1n) is 5.37. The lowest BCUT2D eigenvalue weighted by molar-refractivity contribution is -0.138. The van der Waals surface area contributed by atoms with Crippen LogP contribution in [0, 0.1) is 11.3 Å². The van der Waals surface area contributed by atoms with E-state index >= 15 is 0 Å². The molecule has 0 amide bonds. The summed E-state index contributed by atoms with van der Waals surface area (Å²) in [5.74, 6) is -0.447. The van der Waals surface area contributed by atoms with E-state index in [1.165, 1.54) is 0 Å². The third-order valence-corrected chi connectivity index (χ3v) is 2.48. The van der Waals surface area contributed by atoms with Crippen LogP contribution in [0.5, 0.6) is 0 Å². The third kappa shape index (κ3) is 3.79. The van der Waals surface area contributed by atoms with Gasteiger partial charge in [-0.1, -0.05) is 18.2 Å². The summed E-state index contributed by atoms with van der Waals surface area (Å²) in [5, 5.41) is 12.2. The van der Waals surface area contributed by atoms with Crippen LogP contribution < -0.4 is 5.32 Å². The monoisotopic (exact) mass is 264 g/mol. The lowest BCUT2D eigenvalue weighted by Gasteiger charge is -2.10. The van der Waals surface area contributed by atoms with Crippen molar-refractivity contribution >= 4 is 23.3 Å². The van der Waals surface area contributed by atoms with Crippen molar-refractivity contribution in [2.45, 2.75) is 6.92 Å².